The first-order valence-corrected chi connectivity index (χ1v) is 11.0. The summed E-state index contributed by atoms with van der Waals surface area (Å²) in [4.78, 5) is 0. The van der Waals surface area contributed by atoms with E-state index in [2.05, 4.69) is 43.5 Å². The highest BCUT2D eigenvalue weighted by molar-refractivity contribution is 7.92. The Balaban J connectivity index is 2.16. The summed E-state index contributed by atoms with van der Waals surface area (Å²) in [5.74, 6) is 0.341. The van der Waals surface area contributed by atoms with Crippen LogP contribution in [-0.2, 0) is 10.0 Å². The summed E-state index contributed by atoms with van der Waals surface area (Å²) in [5, 5.41) is 7.05. The largest absolute Gasteiger partial charge is 0.355 e. The summed E-state index contributed by atoms with van der Waals surface area (Å²) in [7, 11) is -1.79. The Labute approximate surface area is 167 Å². The van der Waals surface area contributed by atoms with Gasteiger partial charge >= 0.3 is 0 Å². The molecule has 0 aliphatic carbocycles. The van der Waals surface area contributed by atoms with E-state index in [4.69, 9.17) is 12.2 Å². The van der Waals surface area contributed by atoms with Gasteiger partial charge in [-0.05, 0) is 54.4 Å². The Bertz CT molecular complexity index is 911. The van der Waals surface area contributed by atoms with E-state index in [1.165, 1.54) is 28.7 Å². The third-order valence-electron chi connectivity index (χ3n) is 4.44. The van der Waals surface area contributed by atoms with Gasteiger partial charge in [-0.2, -0.15) is 0 Å². The molecule has 0 heterocycles. The molecule has 0 fully saturated rings. The molecule has 2 rings (SSSR count). The monoisotopic (exact) mass is 405 g/mol. The van der Waals surface area contributed by atoms with E-state index in [9.17, 15) is 8.42 Å². The number of sulfonamides is 1. The lowest BCUT2D eigenvalue weighted by molar-refractivity contribution is 0.471. The summed E-state index contributed by atoms with van der Waals surface area (Å²) in [6.07, 6.45) is 1.18. The molecule has 0 saturated carbocycles. The molecular weight excluding hydrogens is 378 g/mol. The second kappa shape index (κ2) is 8.71. The number of aryl methyl sites for hydroxylation is 1. The first kappa shape index (κ1) is 21.2. The van der Waals surface area contributed by atoms with Crippen LogP contribution in [0.3, 0.4) is 0 Å². The fraction of sp³-hybridized carbons (Fsp3) is 0.350. The van der Waals surface area contributed by atoms with Gasteiger partial charge in [-0.1, -0.05) is 44.2 Å². The number of nitrogens with one attached hydrogen (secondary N) is 2. The maximum Gasteiger partial charge on any atom is 0.231 e. The van der Waals surface area contributed by atoms with Gasteiger partial charge in [0.15, 0.2) is 5.11 Å². The summed E-state index contributed by atoms with van der Waals surface area (Å²) in [6.45, 7) is 6.39. The Morgan fingerprint density at radius 2 is 1.78 bits per heavy atom. The van der Waals surface area contributed by atoms with Crippen LogP contribution >= 0.6 is 12.2 Å². The topological polar surface area (TPSA) is 61.4 Å². The van der Waals surface area contributed by atoms with Crippen LogP contribution in [0.2, 0.25) is 0 Å². The molecule has 0 bridgehead atoms. The maximum atomic E-state index is 11.7. The molecule has 146 valence electrons. The maximum absolute atomic E-state index is 11.7. The number of rotatable bonds is 6. The van der Waals surface area contributed by atoms with E-state index < -0.39 is 10.0 Å². The van der Waals surface area contributed by atoms with Crippen molar-refractivity contribution in [2.45, 2.75) is 26.8 Å². The molecule has 2 aromatic carbocycles. The van der Waals surface area contributed by atoms with Crippen LogP contribution in [0.25, 0.3) is 0 Å². The SMILES string of the molecule is Cc1ccccc1[C@H](NC(=S)Nc1cccc(N(C)S(C)(=O)=O)c1)C(C)C. The zero-order valence-electron chi connectivity index (χ0n) is 16.4. The zero-order chi connectivity index (χ0) is 20.2. The van der Waals surface area contributed by atoms with Crippen molar-refractivity contribution >= 4 is 38.7 Å². The molecule has 0 radical (unpaired) electrons. The van der Waals surface area contributed by atoms with Crippen molar-refractivity contribution in [3.05, 3.63) is 59.7 Å². The molecule has 0 saturated heterocycles. The first-order chi connectivity index (χ1) is 12.6. The van der Waals surface area contributed by atoms with Gasteiger partial charge in [-0.25, -0.2) is 8.42 Å². The number of nitrogens with zero attached hydrogens (tertiary/aromatic N) is 1. The summed E-state index contributed by atoms with van der Waals surface area (Å²) < 4.78 is 24.7. The van der Waals surface area contributed by atoms with Gasteiger partial charge in [-0.3, -0.25) is 4.31 Å². The molecule has 0 amide bonds. The van der Waals surface area contributed by atoms with Gasteiger partial charge in [0.1, 0.15) is 0 Å². The van der Waals surface area contributed by atoms with E-state index in [1.807, 2.05) is 18.2 Å². The number of hydrogen-bond acceptors (Lipinski definition) is 3. The number of benzene rings is 2. The van der Waals surface area contributed by atoms with Gasteiger partial charge in [-0.15, -0.1) is 0 Å². The van der Waals surface area contributed by atoms with E-state index in [0.29, 0.717) is 16.7 Å². The molecule has 1 atom stereocenters. The van der Waals surface area contributed by atoms with Gasteiger partial charge in [0.25, 0.3) is 0 Å². The molecule has 2 aromatic rings. The Morgan fingerprint density at radius 3 is 2.37 bits per heavy atom. The van der Waals surface area contributed by atoms with Crippen molar-refractivity contribution in [3.8, 4) is 0 Å². The van der Waals surface area contributed by atoms with Gasteiger partial charge in [0, 0.05) is 12.7 Å². The Hall–Kier alpha value is -2.12. The van der Waals surface area contributed by atoms with Gasteiger partial charge in [0.2, 0.25) is 10.0 Å². The second-order valence-corrected chi connectivity index (χ2v) is 9.38. The van der Waals surface area contributed by atoms with Crippen LogP contribution in [0.15, 0.2) is 48.5 Å². The zero-order valence-corrected chi connectivity index (χ0v) is 18.0. The second-order valence-electron chi connectivity index (χ2n) is 6.96. The van der Waals surface area contributed by atoms with Gasteiger partial charge in [0.05, 0.1) is 18.0 Å². The highest BCUT2D eigenvalue weighted by atomic mass is 32.2. The lowest BCUT2D eigenvalue weighted by Crippen LogP contribution is -2.35. The van der Waals surface area contributed by atoms with Crippen LogP contribution < -0.4 is 14.9 Å². The third-order valence-corrected chi connectivity index (χ3v) is 5.87. The molecule has 27 heavy (non-hydrogen) atoms. The van der Waals surface area contributed by atoms with E-state index in [1.54, 1.807) is 18.2 Å². The van der Waals surface area contributed by atoms with Crippen LogP contribution in [0.5, 0.6) is 0 Å². The minimum absolute atomic E-state index is 0.0769. The summed E-state index contributed by atoms with van der Waals surface area (Å²) >= 11 is 5.50. The molecular formula is C20H27N3O2S2. The van der Waals surface area contributed by atoms with Crippen LogP contribution in [0, 0.1) is 12.8 Å². The summed E-state index contributed by atoms with van der Waals surface area (Å²) in [6, 6.07) is 15.5. The van der Waals surface area contributed by atoms with E-state index in [-0.39, 0.29) is 6.04 Å². The molecule has 7 heteroatoms. The smallest absolute Gasteiger partial charge is 0.231 e. The number of hydrogen-bond donors (Lipinski definition) is 2. The minimum atomic E-state index is -3.32. The molecule has 0 aliphatic heterocycles. The van der Waals surface area contributed by atoms with Crippen molar-refractivity contribution < 1.29 is 8.42 Å². The molecule has 0 aromatic heterocycles. The average Bonchev–Trinajstić information content (AvgIpc) is 2.59. The van der Waals surface area contributed by atoms with Crippen LogP contribution in [-0.4, -0.2) is 26.8 Å². The predicted octanol–water partition coefficient (Wildman–Crippen LogP) is 4.07. The standard InChI is InChI=1S/C20H27N3O2S2/c1-14(2)19(18-12-7-6-9-15(18)3)22-20(26)21-16-10-8-11-17(13-16)23(4)27(5,24)25/h6-14,19H,1-5H3,(H2,21,22,26)/t19-/m1/s1. The minimum Gasteiger partial charge on any atom is -0.355 e. The number of anilines is 2. The van der Waals surface area contributed by atoms with E-state index >= 15 is 0 Å². The molecule has 0 unspecified atom stereocenters. The van der Waals surface area contributed by atoms with Gasteiger partial charge < -0.3 is 10.6 Å². The van der Waals surface area contributed by atoms with Crippen molar-refractivity contribution in [2.75, 3.05) is 22.9 Å². The number of thiocarbonyl (C=S) groups is 1. The highest BCUT2D eigenvalue weighted by Crippen LogP contribution is 2.25. The first-order valence-electron chi connectivity index (χ1n) is 8.76. The fourth-order valence-corrected chi connectivity index (χ4v) is 3.56. The normalized spacial score (nSPS) is 12.5. The Kier molecular flexibility index (Phi) is 6.84. The van der Waals surface area contributed by atoms with Crippen molar-refractivity contribution in [3.63, 3.8) is 0 Å². The predicted molar refractivity (Wildman–Crippen MR) is 118 cm³/mol. The molecule has 5 nitrogen and oxygen atoms in total. The fourth-order valence-electron chi connectivity index (χ4n) is 2.82. The summed E-state index contributed by atoms with van der Waals surface area (Å²) in [5.41, 5.74) is 3.72. The molecule has 2 N–H and O–H groups in total. The quantitative estimate of drug-likeness (QED) is 0.709. The molecule has 0 aliphatic rings. The molecule has 0 spiro atoms. The van der Waals surface area contributed by atoms with Crippen molar-refractivity contribution in [2.24, 2.45) is 5.92 Å². The lowest BCUT2D eigenvalue weighted by Gasteiger charge is -2.26. The Morgan fingerprint density at radius 1 is 1.11 bits per heavy atom. The third kappa shape index (κ3) is 5.68. The highest BCUT2D eigenvalue weighted by Gasteiger charge is 2.19. The van der Waals surface area contributed by atoms with Crippen LogP contribution in [0.4, 0.5) is 11.4 Å². The van der Waals surface area contributed by atoms with E-state index in [0.717, 1.165) is 5.69 Å². The average molecular weight is 406 g/mol. The van der Waals surface area contributed by atoms with Crippen LogP contribution in [0.1, 0.15) is 31.0 Å². The van der Waals surface area contributed by atoms with Crippen molar-refractivity contribution in [1.29, 1.82) is 0 Å². The lowest BCUT2D eigenvalue weighted by atomic mass is 9.93. The van der Waals surface area contributed by atoms with Crippen molar-refractivity contribution in [1.82, 2.24) is 5.32 Å².